The van der Waals surface area contributed by atoms with Crippen LogP contribution in [0.2, 0.25) is 0 Å². The first-order chi connectivity index (χ1) is 12.1. The Hall–Kier alpha value is -2.54. The van der Waals surface area contributed by atoms with Gasteiger partial charge >= 0.3 is 0 Å². The molecule has 1 aliphatic heterocycles. The summed E-state index contributed by atoms with van der Waals surface area (Å²) in [5.41, 5.74) is 3.99. The summed E-state index contributed by atoms with van der Waals surface area (Å²) in [7, 11) is 0. The molecule has 0 atom stereocenters. The number of rotatable bonds is 4. The minimum Gasteiger partial charge on any atom is -0.333 e. The van der Waals surface area contributed by atoms with Crippen LogP contribution in [-0.2, 0) is 6.54 Å². The van der Waals surface area contributed by atoms with Gasteiger partial charge in [0.25, 0.3) is 5.56 Å². The number of nitrogens with zero attached hydrogens (tertiary/aromatic N) is 5. The molecule has 130 valence electrons. The van der Waals surface area contributed by atoms with Crippen molar-refractivity contribution in [3.8, 4) is 5.69 Å². The molecule has 1 saturated heterocycles. The number of fused-ring (bicyclic) bond motifs is 1. The fourth-order valence-electron chi connectivity index (χ4n) is 3.44. The van der Waals surface area contributed by atoms with Crippen molar-refractivity contribution in [3.63, 3.8) is 0 Å². The molecule has 0 unspecified atom stereocenters. The van der Waals surface area contributed by atoms with E-state index < -0.39 is 0 Å². The highest BCUT2D eigenvalue weighted by molar-refractivity contribution is 5.70. The summed E-state index contributed by atoms with van der Waals surface area (Å²) < 4.78 is 3.30. The van der Waals surface area contributed by atoms with Gasteiger partial charge in [0.1, 0.15) is 6.33 Å². The van der Waals surface area contributed by atoms with Gasteiger partial charge in [0.05, 0.1) is 31.9 Å². The summed E-state index contributed by atoms with van der Waals surface area (Å²) in [6.45, 7) is 8.16. The second-order valence-electron chi connectivity index (χ2n) is 6.89. The van der Waals surface area contributed by atoms with Gasteiger partial charge in [-0.2, -0.15) is 4.68 Å². The first kappa shape index (κ1) is 16.0. The maximum absolute atomic E-state index is 12.7. The quantitative estimate of drug-likeness (QED) is 0.741. The standard InChI is InChI=1S/C18H22N6O/c1-13-5-6-15(11-14(13)2)24-17-16(20-21-24)18(25)23(12-19-17)10-9-22-7-3-4-8-22/h5-6,11-12H,3-4,7-10H2,1-2H3/p+1. The van der Waals surface area contributed by atoms with Crippen LogP contribution in [0.5, 0.6) is 0 Å². The molecule has 0 bridgehead atoms. The van der Waals surface area contributed by atoms with Gasteiger partial charge in [-0.3, -0.25) is 9.36 Å². The van der Waals surface area contributed by atoms with Crippen molar-refractivity contribution in [2.75, 3.05) is 19.6 Å². The van der Waals surface area contributed by atoms with E-state index in [1.54, 1.807) is 20.5 Å². The topological polar surface area (TPSA) is 70.0 Å². The predicted octanol–water partition coefficient (Wildman–Crippen LogP) is 0.273. The van der Waals surface area contributed by atoms with Crippen molar-refractivity contribution in [1.29, 1.82) is 0 Å². The molecule has 25 heavy (non-hydrogen) atoms. The lowest BCUT2D eigenvalue weighted by molar-refractivity contribution is -0.888. The molecule has 0 radical (unpaired) electrons. The number of hydrogen-bond acceptors (Lipinski definition) is 4. The van der Waals surface area contributed by atoms with E-state index in [2.05, 4.69) is 29.1 Å². The molecule has 4 rings (SSSR count). The van der Waals surface area contributed by atoms with Crippen LogP contribution in [0.25, 0.3) is 16.9 Å². The van der Waals surface area contributed by atoms with Crippen LogP contribution >= 0.6 is 0 Å². The molecule has 1 aliphatic rings. The van der Waals surface area contributed by atoms with Crippen molar-refractivity contribution in [2.24, 2.45) is 0 Å². The van der Waals surface area contributed by atoms with Crippen LogP contribution in [0, 0.1) is 13.8 Å². The fraction of sp³-hybridized carbons (Fsp3) is 0.444. The Balaban J connectivity index is 1.66. The molecule has 1 aromatic carbocycles. The van der Waals surface area contributed by atoms with E-state index in [0.717, 1.165) is 12.2 Å². The van der Waals surface area contributed by atoms with Gasteiger partial charge in [-0.05, 0) is 37.1 Å². The second-order valence-corrected chi connectivity index (χ2v) is 6.89. The molecule has 1 fully saturated rings. The molecular weight excluding hydrogens is 316 g/mol. The monoisotopic (exact) mass is 339 g/mol. The second kappa shape index (κ2) is 6.40. The summed E-state index contributed by atoms with van der Waals surface area (Å²) in [5, 5.41) is 8.26. The Morgan fingerprint density at radius 2 is 1.96 bits per heavy atom. The van der Waals surface area contributed by atoms with E-state index in [4.69, 9.17) is 0 Å². The zero-order valence-corrected chi connectivity index (χ0v) is 14.7. The maximum atomic E-state index is 12.7. The van der Waals surface area contributed by atoms with Gasteiger partial charge in [0.2, 0.25) is 0 Å². The van der Waals surface area contributed by atoms with Crippen LogP contribution in [0.15, 0.2) is 29.3 Å². The molecule has 3 heterocycles. The highest BCUT2D eigenvalue weighted by atomic mass is 16.1. The minimum absolute atomic E-state index is 0.112. The number of aromatic nitrogens is 5. The summed E-state index contributed by atoms with van der Waals surface area (Å²) in [4.78, 5) is 18.7. The number of aryl methyl sites for hydroxylation is 2. The Morgan fingerprint density at radius 1 is 1.16 bits per heavy atom. The molecule has 0 aliphatic carbocycles. The van der Waals surface area contributed by atoms with E-state index in [9.17, 15) is 4.79 Å². The van der Waals surface area contributed by atoms with Gasteiger partial charge in [-0.15, -0.1) is 5.10 Å². The third-order valence-corrected chi connectivity index (χ3v) is 5.18. The van der Waals surface area contributed by atoms with Crippen molar-refractivity contribution in [2.45, 2.75) is 33.2 Å². The fourth-order valence-corrected chi connectivity index (χ4v) is 3.44. The predicted molar refractivity (Wildman–Crippen MR) is 95.2 cm³/mol. The number of likely N-dealkylation sites (tertiary alicyclic amines) is 1. The molecule has 7 nitrogen and oxygen atoms in total. The largest absolute Gasteiger partial charge is 0.333 e. The van der Waals surface area contributed by atoms with E-state index >= 15 is 0 Å². The Morgan fingerprint density at radius 3 is 2.72 bits per heavy atom. The molecule has 0 saturated carbocycles. The molecule has 7 heteroatoms. The van der Waals surface area contributed by atoms with Crippen molar-refractivity contribution in [3.05, 3.63) is 46.0 Å². The number of benzene rings is 1. The summed E-state index contributed by atoms with van der Waals surface area (Å²) >= 11 is 0. The maximum Gasteiger partial charge on any atom is 0.283 e. The summed E-state index contributed by atoms with van der Waals surface area (Å²) in [5.74, 6) is 0. The van der Waals surface area contributed by atoms with E-state index in [1.807, 2.05) is 18.2 Å². The zero-order valence-electron chi connectivity index (χ0n) is 14.7. The molecular formula is C18H23N6O+. The van der Waals surface area contributed by atoms with Gasteiger partial charge in [-0.1, -0.05) is 11.3 Å². The van der Waals surface area contributed by atoms with Crippen LogP contribution in [0.3, 0.4) is 0 Å². The van der Waals surface area contributed by atoms with Crippen molar-refractivity contribution < 1.29 is 4.90 Å². The lowest BCUT2D eigenvalue weighted by Crippen LogP contribution is -3.10. The summed E-state index contributed by atoms with van der Waals surface area (Å²) in [6, 6.07) is 6.05. The molecule has 2 aromatic heterocycles. The number of hydrogen-bond donors (Lipinski definition) is 1. The minimum atomic E-state index is -0.112. The first-order valence-electron chi connectivity index (χ1n) is 8.85. The lowest BCUT2D eigenvalue weighted by atomic mass is 10.1. The summed E-state index contributed by atoms with van der Waals surface area (Å²) in [6.07, 6.45) is 4.19. The van der Waals surface area contributed by atoms with Crippen molar-refractivity contribution >= 4 is 11.2 Å². The van der Waals surface area contributed by atoms with E-state index in [-0.39, 0.29) is 5.56 Å². The van der Waals surface area contributed by atoms with Crippen molar-refractivity contribution in [1.82, 2.24) is 24.5 Å². The SMILES string of the molecule is Cc1ccc(-n2nnc3c(=O)n(CC[NH+]4CCCC4)cnc32)cc1C. The normalized spacial score (nSPS) is 15.3. The highest BCUT2D eigenvalue weighted by Gasteiger charge is 2.17. The van der Waals surface area contributed by atoms with Gasteiger partial charge < -0.3 is 4.90 Å². The third kappa shape index (κ3) is 2.95. The van der Waals surface area contributed by atoms with Gasteiger partial charge in [-0.25, -0.2) is 4.98 Å². The average molecular weight is 339 g/mol. The average Bonchev–Trinajstić information content (AvgIpc) is 3.26. The van der Waals surface area contributed by atoms with Gasteiger partial charge in [0, 0.05) is 12.8 Å². The molecule has 3 aromatic rings. The van der Waals surface area contributed by atoms with Gasteiger partial charge in [0.15, 0.2) is 11.2 Å². The smallest absolute Gasteiger partial charge is 0.283 e. The third-order valence-electron chi connectivity index (χ3n) is 5.18. The Bertz CT molecular complexity index is 967. The molecule has 0 spiro atoms. The lowest BCUT2D eigenvalue weighted by Gasteiger charge is -2.12. The van der Waals surface area contributed by atoms with Crippen LogP contribution < -0.4 is 10.5 Å². The molecule has 0 amide bonds. The van der Waals surface area contributed by atoms with Crippen LogP contribution in [0.4, 0.5) is 0 Å². The van der Waals surface area contributed by atoms with E-state index in [1.165, 1.54) is 37.1 Å². The van der Waals surface area contributed by atoms with Crippen LogP contribution in [-0.4, -0.2) is 44.2 Å². The first-order valence-corrected chi connectivity index (χ1v) is 8.85. The Labute approximate surface area is 145 Å². The number of nitrogens with one attached hydrogen (secondary N) is 1. The van der Waals surface area contributed by atoms with Crippen LogP contribution in [0.1, 0.15) is 24.0 Å². The van der Waals surface area contributed by atoms with E-state index in [0.29, 0.717) is 17.7 Å². The molecule has 1 N–H and O–H groups in total. The Kier molecular flexibility index (Phi) is 4.09. The highest BCUT2D eigenvalue weighted by Crippen LogP contribution is 2.15. The number of quaternary nitrogens is 1. The zero-order chi connectivity index (χ0) is 17.4.